The van der Waals surface area contributed by atoms with E-state index in [1.807, 2.05) is 0 Å². The van der Waals surface area contributed by atoms with E-state index < -0.39 is 14.3 Å². The summed E-state index contributed by atoms with van der Waals surface area (Å²) in [6.07, 6.45) is 0. The molecule has 25 heavy (non-hydrogen) atoms. The summed E-state index contributed by atoms with van der Waals surface area (Å²) in [6, 6.07) is 6.17. The van der Waals surface area contributed by atoms with Crippen LogP contribution in [0.4, 0.5) is 0 Å². The largest absolute Gasteiger partial charge is 0.399 e. The summed E-state index contributed by atoms with van der Waals surface area (Å²) in [5, 5.41) is 9.35. The molecule has 0 spiro atoms. The van der Waals surface area contributed by atoms with Gasteiger partial charge in [0.05, 0.1) is 10.6 Å². The molecule has 0 aromatic heterocycles. The summed E-state index contributed by atoms with van der Waals surface area (Å²) in [5.41, 5.74) is 1.39. The zero-order valence-corrected chi connectivity index (χ0v) is 16.9. The highest BCUT2D eigenvalue weighted by molar-refractivity contribution is 9.11. The molecule has 1 unspecified atom stereocenters. The van der Waals surface area contributed by atoms with E-state index in [1.54, 1.807) is 19.1 Å². The van der Waals surface area contributed by atoms with Crippen LogP contribution in [0.3, 0.4) is 0 Å². The minimum Gasteiger partial charge on any atom is -0.399 e. The van der Waals surface area contributed by atoms with Crippen LogP contribution in [0.15, 0.2) is 39.4 Å². The molecule has 1 aromatic rings. The molecule has 0 radical (unpaired) electrons. The molecule has 10 heteroatoms. The quantitative estimate of drug-likeness (QED) is 0.399. The van der Waals surface area contributed by atoms with E-state index in [0.717, 1.165) is 4.31 Å². The van der Waals surface area contributed by atoms with Crippen LogP contribution in [-0.2, 0) is 19.7 Å². The summed E-state index contributed by atoms with van der Waals surface area (Å²) in [7, 11) is 2.32. The molecular formula is C15H19BrN4O4S. The number of sulfonamides is 1. The van der Waals surface area contributed by atoms with Crippen LogP contribution in [0.5, 0.6) is 0 Å². The summed E-state index contributed by atoms with van der Waals surface area (Å²) in [5.74, 6) is -0.314. The van der Waals surface area contributed by atoms with Crippen molar-refractivity contribution >= 4 is 43.3 Å². The fraction of sp³-hybridized carbons (Fsp3) is 0.400. The Bertz CT molecular complexity index is 849. The van der Waals surface area contributed by atoms with Gasteiger partial charge in [0.15, 0.2) is 4.32 Å². The van der Waals surface area contributed by atoms with E-state index in [2.05, 4.69) is 26.2 Å². The maximum absolute atomic E-state index is 12.6. The maximum atomic E-state index is 12.6. The molecule has 8 nitrogen and oxygen atoms in total. The average Bonchev–Trinajstić information content (AvgIpc) is 2.80. The zero-order chi connectivity index (χ0) is 19.0. The van der Waals surface area contributed by atoms with Crippen LogP contribution < -0.4 is 0 Å². The molecule has 1 aliphatic rings. The van der Waals surface area contributed by atoms with E-state index in [9.17, 15) is 13.2 Å². The van der Waals surface area contributed by atoms with Gasteiger partial charge in [-0.3, -0.25) is 4.79 Å². The molecule has 0 fully saturated rings. The number of carbonyl (C=O) groups is 1. The average molecular weight is 431 g/mol. The first-order chi connectivity index (χ1) is 11.6. The summed E-state index contributed by atoms with van der Waals surface area (Å²) < 4.78 is 24.2. The van der Waals surface area contributed by atoms with Crippen LogP contribution in [0.1, 0.15) is 12.5 Å². The summed E-state index contributed by atoms with van der Waals surface area (Å²) in [6.45, 7) is 1.65. The normalized spacial score (nSPS) is 21.7. The standard InChI is InChI=1S/C15H19BrN4O4S/c1-10(18-24-5)15(16)13(17-20(4)14(15)21)11-6-8-12(9-7-11)25(22,23)19(2)3/h6-9H,1-5H3/b18-10+. The van der Waals surface area contributed by atoms with E-state index in [-0.39, 0.29) is 10.8 Å². The molecule has 0 N–H and O–H groups in total. The lowest BCUT2D eigenvalue weighted by atomic mass is 9.93. The zero-order valence-electron chi connectivity index (χ0n) is 14.5. The number of hydrazone groups is 1. The smallest absolute Gasteiger partial charge is 0.271 e. The second kappa shape index (κ2) is 6.85. The predicted molar refractivity (Wildman–Crippen MR) is 98.4 cm³/mol. The monoisotopic (exact) mass is 430 g/mol. The van der Waals surface area contributed by atoms with Gasteiger partial charge in [-0.1, -0.05) is 33.2 Å². The molecule has 1 aliphatic heterocycles. The Morgan fingerprint density at radius 2 is 1.88 bits per heavy atom. The molecule has 1 amide bonds. The van der Waals surface area contributed by atoms with Crippen molar-refractivity contribution in [2.75, 3.05) is 28.3 Å². The molecule has 1 atom stereocenters. The summed E-state index contributed by atoms with van der Waals surface area (Å²) >= 11 is 3.44. The van der Waals surface area contributed by atoms with Gasteiger partial charge in [-0.05, 0) is 19.1 Å². The SMILES string of the molecule is CO/N=C(\C)C1(Br)C(=O)N(C)N=C1c1ccc(S(=O)(=O)N(C)C)cc1. The minimum absolute atomic E-state index is 0.155. The molecule has 1 aromatic carbocycles. The molecule has 0 saturated heterocycles. The number of amides is 1. The van der Waals surface area contributed by atoms with Gasteiger partial charge in [-0.2, -0.15) is 5.10 Å². The lowest BCUT2D eigenvalue weighted by Crippen LogP contribution is -2.46. The maximum Gasteiger partial charge on any atom is 0.271 e. The van der Waals surface area contributed by atoms with Gasteiger partial charge in [0.1, 0.15) is 12.8 Å². The third kappa shape index (κ3) is 3.21. The Kier molecular flexibility index (Phi) is 5.35. The highest BCUT2D eigenvalue weighted by atomic mass is 79.9. The number of hydrogen-bond donors (Lipinski definition) is 0. The van der Waals surface area contributed by atoms with Crippen LogP contribution in [-0.4, -0.2) is 67.6 Å². The highest BCUT2D eigenvalue weighted by Gasteiger charge is 2.51. The van der Waals surface area contributed by atoms with E-state index >= 15 is 0 Å². The first-order valence-electron chi connectivity index (χ1n) is 7.24. The number of carbonyl (C=O) groups excluding carboxylic acids is 1. The number of rotatable bonds is 5. The van der Waals surface area contributed by atoms with Crippen molar-refractivity contribution in [2.45, 2.75) is 16.1 Å². The highest BCUT2D eigenvalue weighted by Crippen LogP contribution is 2.34. The van der Waals surface area contributed by atoms with Crippen molar-refractivity contribution in [3.63, 3.8) is 0 Å². The molecular weight excluding hydrogens is 412 g/mol. The predicted octanol–water partition coefficient (Wildman–Crippen LogP) is 1.27. The fourth-order valence-electron chi connectivity index (χ4n) is 2.37. The molecule has 0 saturated carbocycles. The number of halogens is 1. The third-order valence-corrected chi connectivity index (χ3v) is 6.92. The van der Waals surface area contributed by atoms with Gasteiger partial charge in [-0.25, -0.2) is 17.7 Å². The van der Waals surface area contributed by atoms with E-state index in [4.69, 9.17) is 4.84 Å². The first-order valence-corrected chi connectivity index (χ1v) is 9.47. The molecule has 0 bridgehead atoms. The van der Waals surface area contributed by atoms with Crippen molar-refractivity contribution in [2.24, 2.45) is 10.3 Å². The number of oxime groups is 1. The first kappa shape index (κ1) is 19.5. The van der Waals surface area contributed by atoms with Crippen molar-refractivity contribution < 1.29 is 18.0 Å². The lowest BCUT2D eigenvalue weighted by Gasteiger charge is -2.21. The van der Waals surface area contributed by atoms with Gasteiger partial charge < -0.3 is 4.84 Å². The Morgan fingerprint density at radius 1 is 1.32 bits per heavy atom. The number of nitrogens with zero attached hydrogens (tertiary/aromatic N) is 4. The number of hydrogen-bond acceptors (Lipinski definition) is 6. The number of alkyl halides is 1. The van der Waals surface area contributed by atoms with E-state index in [1.165, 1.54) is 45.4 Å². The van der Waals surface area contributed by atoms with Crippen LogP contribution in [0.2, 0.25) is 0 Å². The van der Waals surface area contributed by atoms with Gasteiger partial charge in [0, 0.05) is 26.7 Å². The Morgan fingerprint density at radius 3 is 2.36 bits per heavy atom. The van der Waals surface area contributed by atoms with E-state index in [0.29, 0.717) is 17.0 Å². The van der Waals surface area contributed by atoms with Gasteiger partial charge in [-0.15, -0.1) is 0 Å². The van der Waals surface area contributed by atoms with Gasteiger partial charge >= 0.3 is 0 Å². The Hall–Kier alpha value is -1.78. The second-order valence-electron chi connectivity index (χ2n) is 5.61. The molecule has 2 rings (SSSR count). The van der Waals surface area contributed by atoms with Crippen LogP contribution >= 0.6 is 15.9 Å². The fourth-order valence-corrected chi connectivity index (χ4v) is 3.91. The minimum atomic E-state index is -3.53. The third-order valence-electron chi connectivity index (χ3n) is 3.80. The lowest BCUT2D eigenvalue weighted by molar-refractivity contribution is -0.127. The summed E-state index contributed by atoms with van der Waals surface area (Å²) in [4.78, 5) is 17.5. The van der Waals surface area contributed by atoms with Crippen LogP contribution in [0, 0.1) is 0 Å². The van der Waals surface area contributed by atoms with Crippen LogP contribution in [0.25, 0.3) is 0 Å². The van der Waals surface area contributed by atoms with Crippen molar-refractivity contribution in [1.29, 1.82) is 0 Å². The molecule has 0 aliphatic carbocycles. The van der Waals surface area contributed by atoms with Gasteiger partial charge in [0.2, 0.25) is 10.0 Å². The van der Waals surface area contributed by atoms with Gasteiger partial charge in [0.25, 0.3) is 5.91 Å². The Labute approximate surface area is 155 Å². The van der Waals surface area contributed by atoms with Crippen molar-refractivity contribution in [1.82, 2.24) is 9.31 Å². The van der Waals surface area contributed by atoms with Crippen molar-refractivity contribution in [3.05, 3.63) is 29.8 Å². The second-order valence-corrected chi connectivity index (χ2v) is 8.95. The Balaban J connectivity index is 2.52. The molecule has 136 valence electrons. The van der Waals surface area contributed by atoms with Crippen molar-refractivity contribution in [3.8, 4) is 0 Å². The number of benzene rings is 1. The topological polar surface area (TPSA) is 91.6 Å². The molecule has 1 heterocycles.